The predicted octanol–water partition coefficient (Wildman–Crippen LogP) is 3.93. The van der Waals surface area contributed by atoms with Gasteiger partial charge in [0.2, 0.25) is 4.77 Å². The second-order valence-electron chi connectivity index (χ2n) is 5.96. The Labute approximate surface area is 160 Å². The number of rotatable bonds is 6. The number of nitrogens with one attached hydrogen (secondary N) is 1. The van der Waals surface area contributed by atoms with Gasteiger partial charge in [-0.1, -0.05) is 6.07 Å². The van der Waals surface area contributed by atoms with E-state index in [1.165, 1.54) is 16.8 Å². The molecule has 0 amide bonds. The molecule has 138 valence electrons. The van der Waals surface area contributed by atoms with Crippen molar-refractivity contribution in [2.75, 3.05) is 0 Å². The summed E-state index contributed by atoms with van der Waals surface area (Å²) in [5.41, 5.74) is 2.94. The van der Waals surface area contributed by atoms with Gasteiger partial charge in [-0.25, -0.2) is 5.10 Å². The van der Waals surface area contributed by atoms with Crippen LogP contribution in [0, 0.1) is 28.7 Å². The summed E-state index contributed by atoms with van der Waals surface area (Å²) >= 11 is 5.20. The first-order chi connectivity index (χ1) is 12.9. The largest absolute Gasteiger partial charge is 0.486 e. The van der Waals surface area contributed by atoms with Crippen molar-refractivity contribution in [3.8, 4) is 5.75 Å². The molecule has 0 atom stereocenters. The third kappa shape index (κ3) is 4.64. The van der Waals surface area contributed by atoms with Crippen molar-refractivity contribution in [1.82, 2.24) is 14.9 Å². The maximum Gasteiger partial charge on any atom is 0.269 e. The van der Waals surface area contributed by atoms with Crippen molar-refractivity contribution in [2.24, 2.45) is 5.10 Å². The fourth-order valence-electron chi connectivity index (χ4n) is 2.51. The lowest BCUT2D eigenvalue weighted by molar-refractivity contribution is -0.384. The maximum atomic E-state index is 10.7. The Kier molecular flexibility index (Phi) is 5.41. The van der Waals surface area contributed by atoms with Gasteiger partial charge in [0.1, 0.15) is 12.4 Å². The molecule has 0 saturated carbocycles. The van der Waals surface area contributed by atoms with E-state index in [2.05, 4.69) is 21.4 Å². The first-order valence-corrected chi connectivity index (χ1v) is 8.49. The lowest BCUT2D eigenvalue weighted by Gasteiger charge is -2.07. The molecule has 0 bridgehead atoms. The van der Waals surface area contributed by atoms with E-state index in [1.807, 2.05) is 26.0 Å². The molecule has 8 nitrogen and oxygen atoms in total. The minimum atomic E-state index is -0.449. The maximum absolute atomic E-state index is 10.7. The standard InChI is InChI=1S/C18H17N5O3S/c1-12-7-13(2)9-16(8-12)26-11-17-20-21-18(27)22(17)19-10-14-3-5-15(6-4-14)23(24)25/h3-10H,11H2,1-2H3,(H,21,27)/b19-10-. The average molecular weight is 383 g/mol. The molecule has 0 spiro atoms. The molecule has 1 aromatic heterocycles. The lowest BCUT2D eigenvalue weighted by atomic mass is 10.1. The van der Waals surface area contributed by atoms with Crippen LogP contribution in [0.1, 0.15) is 22.5 Å². The van der Waals surface area contributed by atoms with Crippen molar-refractivity contribution in [1.29, 1.82) is 0 Å². The van der Waals surface area contributed by atoms with Gasteiger partial charge in [0, 0.05) is 12.1 Å². The molecule has 0 saturated heterocycles. The third-order valence-corrected chi connectivity index (χ3v) is 3.97. The number of hydrogen-bond acceptors (Lipinski definition) is 6. The minimum Gasteiger partial charge on any atom is -0.486 e. The number of nitrogens with zero attached hydrogens (tertiary/aromatic N) is 4. The van der Waals surface area contributed by atoms with Crippen molar-refractivity contribution in [2.45, 2.75) is 20.5 Å². The topological polar surface area (TPSA) is 98.3 Å². The summed E-state index contributed by atoms with van der Waals surface area (Å²) in [4.78, 5) is 10.3. The fourth-order valence-corrected chi connectivity index (χ4v) is 2.71. The van der Waals surface area contributed by atoms with Crippen LogP contribution < -0.4 is 4.74 Å². The summed E-state index contributed by atoms with van der Waals surface area (Å²) in [6.45, 7) is 4.20. The smallest absolute Gasteiger partial charge is 0.269 e. The Hall–Kier alpha value is -3.33. The lowest BCUT2D eigenvalue weighted by Crippen LogP contribution is -2.04. The molecule has 0 aliphatic carbocycles. The van der Waals surface area contributed by atoms with Crippen LogP contribution in [0.2, 0.25) is 0 Å². The van der Waals surface area contributed by atoms with Gasteiger partial charge < -0.3 is 4.74 Å². The highest BCUT2D eigenvalue weighted by molar-refractivity contribution is 7.71. The van der Waals surface area contributed by atoms with Crippen molar-refractivity contribution < 1.29 is 9.66 Å². The number of benzene rings is 2. The van der Waals surface area contributed by atoms with Crippen LogP contribution in [0.3, 0.4) is 0 Å². The molecule has 2 aromatic carbocycles. The Morgan fingerprint density at radius 3 is 2.56 bits per heavy atom. The molecular weight excluding hydrogens is 366 g/mol. The van der Waals surface area contributed by atoms with Gasteiger partial charge in [0.15, 0.2) is 5.82 Å². The van der Waals surface area contributed by atoms with Crippen molar-refractivity contribution in [3.63, 3.8) is 0 Å². The van der Waals surface area contributed by atoms with E-state index in [4.69, 9.17) is 17.0 Å². The predicted molar refractivity (Wildman–Crippen MR) is 104 cm³/mol. The number of nitro benzene ring substituents is 1. The molecule has 0 radical (unpaired) electrons. The van der Waals surface area contributed by atoms with E-state index in [0.717, 1.165) is 16.9 Å². The summed E-state index contributed by atoms with van der Waals surface area (Å²) in [6.07, 6.45) is 1.55. The fraction of sp³-hybridized carbons (Fsp3) is 0.167. The number of ether oxygens (including phenoxy) is 1. The highest BCUT2D eigenvalue weighted by Crippen LogP contribution is 2.17. The molecule has 1 heterocycles. The van der Waals surface area contributed by atoms with Gasteiger partial charge >= 0.3 is 0 Å². The summed E-state index contributed by atoms with van der Waals surface area (Å²) in [5.74, 6) is 1.25. The van der Waals surface area contributed by atoms with Crippen LogP contribution in [-0.4, -0.2) is 26.0 Å². The van der Waals surface area contributed by atoms with Gasteiger partial charge in [-0.3, -0.25) is 10.1 Å². The number of aryl methyl sites for hydroxylation is 2. The normalized spacial score (nSPS) is 11.0. The van der Waals surface area contributed by atoms with Crippen LogP contribution in [-0.2, 0) is 6.61 Å². The van der Waals surface area contributed by atoms with E-state index in [9.17, 15) is 10.1 Å². The van der Waals surface area contributed by atoms with Gasteiger partial charge in [-0.2, -0.15) is 14.9 Å². The zero-order chi connectivity index (χ0) is 19.4. The van der Waals surface area contributed by atoms with Crippen LogP contribution in [0.5, 0.6) is 5.75 Å². The Balaban J connectivity index is 1.76. The summed E-state index contributed by atoms with van der Waals surface area (Å²) < 4.78 is 7.59. The number of aromatic nitrogens is 3. The van der Waals surface area contributed by atoms with Gasteiger partial charge in [-0.15, -0.1) is 0 Å². The summed E-state index contributed by atoms with van der Waals surface area (Å²) in [7, 11) is 0. The second-order valence-corrected chi connectivity index (χ2v) is 6.35. The highest BCUT2D eigenvalue weighted by Gasteiger charge is 2.07. The zero-order valence-corrected chi connectivity index (χ0v) is 15.6. The van der Waals surface area contributed by atoms with Crippen LogP contribution in [0.4, 0.5) is 5.69 Å². The molecule has 27 heavy (non-hydrogen) atoms. The van der Waals surface area contributed by atoms with E-state index in [0.29, 0.717) is 16.2 Å². The Bertz CT molecular complexity index is 1030. The Morgan fingerprint density at radius 2 is 1.93 bits per heavy atom. The number of hydrogen-bond donors (Lipinski definition) is 1. The van der Waals surface area contributed by atoms with Gasteiger partial charge in [0.05, 0.1) is 11.1 Å². The van der Waals surface area contributed by atoms with Gasteiger partial charge in [0.25, 0.3) is 5.69 Å². The first kappa shape index (κ1) is 18.5. The molecule has 1 N–H and O–H groups in total. The number of aromatic amines is 1. The SMILES string of the molecule is Cc1cc(C)cc(OCc2n[nH]c(=S)n2/N=C\c2ccc([N+](=O)[O-])cc2)c1. The molecule has 0 fully saturated rings. The average Bonchev–Trinajstić information content (AvgIpc) is 2.97. The third-order valence-electron chi connectivity index (χ3n) is 3.71. The van der Waals surface area contributed by atoms with Crippen LogP contribution >= 0.6 is 12.2 Å². The number of nitro groups is 1. The zero-order valence-electron chi connectivity index (χ0n) is 14.7. The molecule has 0 unspecified atom stereocenters. The van der Waals surface area contributed by atoms with E-state index >= 15 is 0 Å². The molecule has 3 aromatic rings. The highest BCUT2D eigenvalue weighted by atomic mass is 32.1. The van der Waals surface area contributed by atoms with Crippen LogP contribution in [0.25, 0.3) is 0 Å². The summed E-state index contributed by atoms with van der Waals surface area (Å²) in [5, 5.41) is 21.8. The second kappa shape index (κ2) is 7.92. The minimum absolute atomic E-state index is 0.0228. The number of H-pyrrole nitrogens is 1. The van der Waals surface area contributed by atoms with Crippen molar-refractivity contribution in [3.05, 3.63) is 79.9 Å². The van der Waals surface area contributed by atoms with E-state index in [-0.39, 0.29) is 12.3 Å². The van der Waals surface area contributed by atoms with Gasteiger partial charge in [-0.05, 0) is 67.0 Å². The summed E-state index contributed by atoms with van der Waals surface area (Å²) in [6, 6.07) is 12.0. The Morgan fingerprint density at radius 1 is 1.26 bits per heavy atom. The molecular formula is C18H17N5O3S. The molecule has 0 aliphatic heterocycles. The van der Waals surface area contributed by atoms with E-state index < -0.39 is 4.92 Å². The number of non-ortho nitro benzene ring substituents is 1. The van der Waals surface area contributed by atoms with Crippen molar-refractivity contribution >= 4 is 24.1 Å². The monoisotopic (exact) mass is 383 g/mol. The van der Waals surface area contributed by atoms with E-state index in [1.54, 1.807) is 18.3 Å². The first-order valence-electron chi connectivity index (χ1n) is 8.08. The molecule has 3 rings (SSSR count). The quantitative estimate of drug-likeness (QED) is 0.301. The molecule has 9 heteroatoms. The molecule has 0 aliphatic rings. The van der Waals surface area contributed by atoms with Crippen LogP contribution in [0.15, 0.2) is 47.6 Å².